The van der Waals surface area contributed by atoms with Gasteiger partial charge in [-0.1, -0.05) is 36.8 Å². The molecule has 2 aromatic rings. The van der Waals surface area contributed by atoms with Gasteiger partial charge in [0, 0.05) is 18.5 Å². The first-order chi connectivity index (χ1) is 15.1. The van der Waals surface area contributed by atoms with Gasteiger partial charge in [0.25, 0.3) is 0 Å². The van der Waals surface area contributed by atoms with E-state index in [9.17, 15) is 9.18 Å². The van der Waals surface area contributed by atoms with E-state index in [4.69, 9.17) is 14.2 Å². The lowest BCUT2D eigenvalue weighted by Crippen LogP contribution is -2.28. The summed E-state index contributed by atoms with van der Waals surface area (Å²) in [6.07, 6.45) is 2.14. The van der Waals surface area contributed by atoms with Crippen molar-refractivity contribution in [3.63, 3.8) is 0 Å². The predicted octanol–water partition coefficient (Wildman–Crippen LogP) is 5.79. The highest BCUT2D eigenvalue weighted by Crippen LogP contribution is 2.36. The van der Waals surface area contributed by atoms with E-state index in [2.05, 4.69) is 5.32 Å². The normalized spacial score (nSPS) is 11.6. The predicted molar refractivity (Wildman–Crippen MR) is 123 cm³/mol. The third-order valence-electron chi connectivity index (χ3n) is 4.70. The Morgan fingerprint density at radius 1 is 1.06 bits per heavy atom. The summed E-state index contributed by atoms with van der Waals surface area (Å²) in [5.74, 6) is 2.37. The monoisotopic (exact) mass is 449 g/mol. The summed E-state index contributed by atoms with van der Waals surface area (Å²) in [6, 6.07) is 13.6. The maximum absolute atomic E-state index is 12.2. The van der Waals surface area contributed by atoms with Gasteiger partial charge in [-0.15, -0.1) is 11.8 Å². The van der Waals surface area contributed by atoms with Gasteiger partial charge in [-0.05, 0) is 43.2 Å². The fraction of sp³-hybridized carbons (Fsp3) is 0.458. The third-order valence-corrected chi connectivity index (χ3v) is 5.82. The number of thioether (sulfide) groups is 1. The molecule has 0 fully saturated rings. The van der Waals surface area contributed by atoms with Gasteiger partial charge in [0.05, 0.1) is 25.8 Å². The number of methoxy groups -OCH3 is 2. The number of ether oxygens (including phenoxy) is 3. The molecule has 0 aliphatic heterocycles. The standard InChI is InChI=1S/C24H32FNO4S/c1-18(30-24(27)26-17-19-10-6-4-7-11-19)14-20-15-22(29-3)23(16-21(20)28-2)31-13-9-5-8-12-25/h4,6-7,10-11,15-16,18H,5,8-9,12-14,17H2,1-3H3,(H,26,27). The number of benzene rings is 2. The zero-order valence-corrected chi connectivity index (χ0v) is 19.3. The molecule has 31 heavy (non-hydrogen) atoms. The second-order valence-corrected chi connectivity index (χ2v) is 8.31. The molecule has 170 valence electrons. The van der Waals surface area contributed by atoms with Gasteiger partial charge in [0.15, 0.2) is 0 Å². The summed E-state index contributed by atoms with van der Waals surface area (Å²) < 4.78 is 28.9. The Bertz CT molecular complexity index is 804. The molecule has 0 aliphatic carbocycles. The van der Waals surface area contributed by atoms with E-state index in [-0.39, 0.29) is 12.8 Å². The van der Waals surface area contributed by atoms with Crippen molar-refractivity contribution in [1.82, 2.24) is 5.32 Å². The van der Waals surface area contributed by atoms with Gasteiger partial charge in [0.1, 0.15) is 17.6 Å². The van der Waals surface area contributed by atoms with Crippen molar-refractivity contribution in [2.24, 2.45) is 0 Å². The molecule has 1 N–H and O–H groups in total. The number of rotatable bonds is 13. The zero-order chi connectivity index (χ0) is 22.5. The lowest BCUT2D eigenvalue weighted by molar-refractivity contribution is 0.106. The number of alkyl halides is 1. The van der Waals surface area contributed by atoms with E-state index in [1.165, 1.54) is 0 Å². The van der Waals surface area contributed by atoms with Crippen LogP contribution < -0.4 is 14.8 Å². The molecule has 0 radical (unpaired) electrons. The summed E-state index contributed by atoms with van der Waals surface area (Å²) in [5, 5.41) is 2.77. The topological polar surface area (TPSA) is 56.8 Å². The van der Waals surface area contributed by atoms with Crippen LogP contribution in [0.25, 0.3) is 0 Å². The van der Waals surface area contributed by atoms with Gasteiger partial charge in [-0.25, -0.2) is 4.79 Å². The Balaban J connectivity index is 1.93. The minimum atomic E-state index is -0.456. The van der Waals surface area contributed by atoms with E-state index in [1.807, 2.05) is 49.4 Å². The molecule has 0 saturated heterocycles. The Kier molecular flexibility index (Phi) is 11.1. The van der Waals surface area contributed by atoms with Crippen LogP contribution in [0.15, 0.2) is 47.4 Å². The SMILES string of the molecule is COc1cc(SCCCCCF)c(OC)cc1CC(C)OC(=O)NCc1ccccc1. The van der Waals surface area contributed by atoms with Gasteiger partial charge in [-0.3, -0.25) is 4.39 Å². The van der Waals surface area contributed by atoms with Gasteiger partial charge >= 0.3 is 6.09 Å². The molecule has 0 heterocycles. The number of carbonyl (C=O) groups excluding carboxylic acids is 1. The smallest absolute Gasteiger partial charge is 0.407 e. The first kappa shape index (κ1) is 24.9. The summed E-state index contributed by atoms with van der Waals surface area (Å²) in [5.41, 5.74) is 1.92. The van der Waals surface area contributed by atoms with E-state index < -0.39 is 6.09 Å². The van der Waals surface area contributed by atoms with Crippen LogP contribution in [0.2, 0.25) is 0 Å². The first-order valence-corrected chi connectivity index (χ1v) is 11.5. The highest BCUT2D eigenvalue weighted by atomic mass is 32.2. The van der Waals surface area contributed by atoms with Crippen LogP contribution in [0.5, 0.6) is 11.5 Å². The van der Waals surface area contributed by atoms with Crippen molar-refractivity contribution in [2.45, 2.75) is 50.2 Å². The average molecular weight is 450 g/mol. The van der Waals surface area contributed by atoms with Crippen LogP contribution in [0, 0.1) is 0 Å². The summed E-state index contributed by atoms with van der Waals surface area (Å²) >= 11 is 1.67. The minimum Gasteiger partial charge on any atom is -0.496 e. The zero-order valence-electron chi connectivity index (χ0n) is 18.5. The molecule has 1 amide bonds. The number of carbonyl (C=O) groups is 1. The van der Waals surface area contributed by atoms with Crippen LogP contribution >= 0.6 is 11.8 Å². The van der Waals surface area contributed by atoms with Crippen molar-refractivity contribution in [1.29, 1.82) is 0 Å². The molecule has 0 spiro atoms. The van der Waals surface area contributed by atoms with Crippen LogP contribution in [0.1, 0.15) is 37.3 Å². The summed E-state index contributed by atoms with van der Waals surface area (Å²) in [6.45, 7) is 2.00. The number of hydrogen-bond donors (Lipinski definition) is 1. The number of hydrogen-bond acceptors (Lipinski definition) is 5. The van der Waals surface area contributed by atoms with Gasteiger partial charge in [-0.2, -0.15) is 0 Å². The number of unbranched alkanes of at least 4 members (excludes halogenated alkanes) is 2. The lowest BCUT2D eigenvalue weighted by Gasteiger charge is -2.18. The van der Waals surface area contributed by atoms with Gasteiger partial charge in [0.2, 0.25) is 0 Å². The Hall–Kier alpha value is -2.41. The second-order valence-electron chi connectivity index (χ2n) is 7.17. The van der Waals surface area contributed by atoms with Crippen molar-refractivity contribution < 1.29 is 23.4 Å². The molecule has 0 saturated carbocycles. The number of nitrogens with one attached hydrogen (secondary N) is 1. The molecule has 1 atom stereocenters. The molecular formula is C24H32FNO4S. The van der Waals surface area contributed by atoms with Gasteiger partial charge < -0.3 is 19.5 Å². The lowest BCUT2D eigenvalue weighted by atomic mass is 10.1. The van der Waals surface area contributed by atoms with Crippen LogP contribution in [-0.2, 0) is 17.7 Å². The molecule has 7 heteroatoms. The minimum absolute atomic E-state index is 0.263. The maximum Gasteiger partial charge on any atom is 0.407 e. The van der Waals surface area contributed by atoms with E-state index >= 15 is 0 Å². The Labute approximate surface area is 188 Å². The van der Waals surface area contributed by atoms with Crippen LogP contribution in [0.3, 0.4) is 0 Å². The fourth-order valence-electron chi connectivity index (χ4n) is 3.11. The third kappa shape index (κ3) is 8.69. The molecule has 0 aliphatic rings. The molecule has 0 bridgehead atoms. The van der Waals surface area contributed by atoms with Crippen LogP contribution in [-0.4, -0.2) is 38.8 Å². The van der Waals surface area contributed by atoms with Crippen molar-refractivity contribution in [3.05, 3.63) is 53.6 Å². The molecule has 2 aromatic carbocycles. The average Bonchev–Trinajstić information content (AvgIpc) is 2.78. The molecule has 2 rings (SSSR count). The molecule has 1 unspecified atom stereocenters. The number of halogens is 1. The van der Waals surface area contributed by atoms with Crippen LogP contribution in [0.4, 0.5) is 9.18 Å². The highest BCUT2D eigenvalue weighted by molar-refractivity contribution is 7.99. The summed E-state index contributed by atoms with van der Waals surface area (Å²) in [4.78, 5) is 13.1. The maximum atomic E-state index is 12.2. The van der Waals surface area contributed by atoms with E-state index in [0.717, 1.165) is 46.1 Å². The van der Waals surface area contributed by atoms with E-state index in [0.29, 0.717) is 19.4 Å². The van der Waals surface area contributed by atoms with Crippen molar-refractivity contribution in [3.8, 4) is 11.5 Å². The quantitative estimate of drug-likeness (QED) is 0.310. The number of amides is 1. The molecule has 5 nitrogen and oxygen atoms in total. The number of alkyl carbamates (subject to hydrolysis) is 1. The summed E-state index contributed by atoms with van der Waals surface area (Å²) in [7, 11) is 3.26. The fourth-order valence-corrected chi connectivity index (χ4v) is 4.15. The molecular weight excluding hydrogens is 417 g/mol. The highest BCUT2D eigenvalue weighted by Gasteiger charge is 2.16. The van der Waals surface area contributed by atoms with Crippen molar-refractivity contribution >= 4 is 17.9 Å². The molecule has 0 aromatic heterocycles. The second kappa shape index (κ2) is 13.8. The van der Waals surface area contributed by atoms with Crippen molar-refractivity contribution in [2.75, 3.05) is 26.6 Å². The first-order valence-electron chi connectivity index (χ1n) is 10.5. The largest absolute Gasteiger partial charge is 0.496 e. The van der Waals surface area contributed by atoms with E-state index in [1.54, 1.807) is 26.0 Å². The Morgan fingerprint density at radius 2 is 1.81 bits per heavy atom. The Morgan fingerprint density at radius 3 is 2.48 bits per heavy atom.